The van der Waals surface area contributed by atoms with Gasteiger partial charge in [-0.1, -0.05) is 55.8 Å². The maximum Gasteiger partial charge on any atom is 0.148 e. The highest BCUT2D eigenvalue weighted by atomic mass is 31.2. The van der Waals surface area contributed by atoms with Gasteiger partial charge in [-0.3, -0.25) is 0 Å². The number of fused-ring (bicyclic) bond motifs is 1. The lowest BCUT2D eigenvalue weighted by molar-refractivity contribution is 0.576. The van der Waals surface area contributed by atoms with E-state index in [1.807, 2.05) is 18.2 Å². The summed E-state index contributed by atoms with van der Waals surface area (Å²) in [6, 6.07) is 27.3. The fourth-order valence-corrected chi connectivity index (χ4v) is 9.64. The van der Waals surface area contributed by atoms with Crippen LogP contribution in [0.1, 0.15) is 19.8 Å². The minimum absolute atomic E-state index is 0.900. The van der Waals surface area contributed by atoms with E-state index in [1.165, 1.54) is 10.6 Å². The molecule has 6 heteroatoms. The molecule has 0 spiro atoms. The summed E-state index contributed by atoms with van der Waals surface area (Å²) in [5.41, 5.74) is 2.85. The zero-order valence-electron chi connectivity index (χ0n) is 17.9. The van der Waals surface area contributed by atoms with Crippen molar-refractivity contribution in [3.8, 4) is 0 Å². The summed E-state index contributed by atoms with van der Waals surface area (Å²) in [7, 11) is -1.89. The Morgan fingerprint density at radius 2 is 1.44 bits per heavy atom. The third-order valence-corrected chi connectivity index (χ3v) is 10.6. The zero-order valence-corrected chi connectivity index (χ0v) is 19.7. The molecule has 32 heavy (non-hydrogen) atoms. The number of hydrogen-bond acceptors (Lipinski definition) is 4. The smallest absolute Gasteiger partial charge is 0.148 e. The SMILES string of the molecule is CCCCN(P(c1ccco1)c1ccco1)P(c1ccccc1)c1cccc2ccoc12. The molecule has 0 aliphatic carbocycles. The fourth-order valence-electron chi connectivity index (χ4n) is 3.82. The predicted octanol–water partition coefficient (Wildman–Crippen LogP) is 6.12. The number of benzene rings is 2. The summed E-state index contributed by atoms with van der Waals surface area (Å²) in [4.78, 5) is 0. The molecule has 3 heterocycles. The van der Waals surface area contributed by atoms with Crippen molar-refractivity contribution in [3.05, 3.63) is 97.7 Å². The Balaban J connectivity index is 1.72. The molecular formula is C26H25NO3P2. The van der Waals surface area contributed by atoms with Crippen molar-refractivity contribution in [1.29, 1.82) is 0 Å². The van der Waals surface area contributed by atoms with E-state index in [0.717, 1.165) is 41.4 Å². The first-order valence-corrected chi connectivity index (χ1v) is 13.4. The van der Waals surface area contributed by atoms with Crippen LogP contribution in [0.15, 0.2) is 111 Å². The molecule has 5 aromatic rings. The third-order valence-electron chi connectivity index (χ3n) is 5.29. The van der Waals surface area contributed by atoms with E-state index in [2.05, 4.69) is 72.0 Å². The molecule has 4 nitrogen and oxygen atoms in total. The van der Waals surface area contributed by atoms with Crippen molar-refractivity contribution in [3.63, 3.8) is 0 Å². The molecule has 0 bridgehead atoms. The first-order chi connectivity index (χ1) is 15.9. The molecular weight excluding hydrogens is 436 g/mol. The predicted molar refractivity (Wildman–Crippen MR) is 134 cm³/mol. The maximum absolute atomic E-state index is 6.02. The number of furan rings is 3. The van der Waals surface area contributed by atoms with Gasteiger partial charge < -0.3 is 13.3 Å². The summed E-state index contributed by atoms with van der Waals surface area (Å²) in [5.74, 6) is 0. The quantitative estimate of drug-likeness (QED) is 0.248. The fraction of sp³-hybridized carbons (Fsp3) is 0.154. The molecule has 0 aliphatic rings. The number of hydrogen-bond donors (Lipinski definition) is 0. The van der Waals surface area contributed by atoms with Crippen LogP contribution in [0.2, 0.25) is 0 Å². The molecule has 1 unspecified atom stereocenters. The standard InChI is InChI=1S/C26H25NO3P2/c1-2-3-17-27(32(24-14-8-18-28-24)25-15-9-19-29-25)31(22-11-5-4-6-12-22)23-13-7-10-21-16-20-30-26(21)23/h4-16,18-20H,2-3,17H2,1H3. The molecule has 0 N–H and O–H groups in total. The lowest BCUT2D eigenvalue weighted by Crippen LogP contribution is -2.32. The highest BCUT2D eigenvalue weighted by Gasteiger charge is 2.35. The van der Waals surface area contributed by atoms with Crippen molar-refractivity contribution < 1.29 is 13.3 Å². The molecule has 0 amide bonds. The van der Waals surface area contributed by atoms with E-state index in [4.69, 9.17) is 13.3 Å². The van der Waals surface area contributed by atoms with E-state index in [-0.39, 0.29) is 0 Å². The van der Waals surface area contributed by atoms with Crippen LogP contribution in [0, 0.1) is 0 Å². The monoisotopic (exact) mass is 461 g/mol. The molecule has 0 aliphatic heterocycles. The van der Waals surface area contributed by atoms with Crippen LogP contribution in [-0.2, 0) is 0 Å². The minimum Gasteiger partial charge on any atom is -0.464 e. The van der Waals surface area contributed by atoms with Crippen LogP contribution in [0.5, 0.6) is 0 Å². The van der Waals surface area contributed by atoms with Gasteiger partial charge in [0.15, 0.2) is 0 Å². The Bertz CT molecular complexity index is 1200. The van der Waals surface area contributed by atoms with Gasteiger partial charge in [0.1, 0.15) is 24.7 Å². The Morgan fingerprint density at radius 3 is 2.09 bits per heavy atom. The third kappa shape index (κ3) is 4.19. The molecule has 3 aromatic heterocycles. The molecule has 0 fully saturated rings. The lowest BCUT2D eigenvalue weighted by Gasteiger charge is -2.36. The van der Waals surface area contributed by atoms with Gasteiger partial charge in [0.25, 0.3) is 0 Å². The molecule has 162 valence electrons. The molecule has 0 radical (unpaired) electrons. The Kier molecular flexibility index (Phi) is 6.55. The maximum atomic E-state index is 6.02. The van der Waals surface area contributed by atoms with Crippen molar-refractivity contribution >= 4 is 48.7 Å². The highest BCUT2D eigenvalue weighted by Crippen LogP contribution is 2.55. The van der Waals surface area contributed by atoms with Gasteiger partial charge in [-0.05, 0) is 48.1 Å². The van der Waals surface area contributed by atoms with Gasteiger partial charge in [-0.2, -0.15) is 0 Å². The molecule has 0 saturated heterocycles. The number of rotatable bonds is 9. The van der Waals surface area contributed by atoms with E-state index in [0.29, 0.717) is 0 Å². The summed E-state index contributed by atoms with van der Waals surface area (Å²) < 4.78 is 20.6. The van der Waals surface area contributed by atoms with Crippen molar-refractivity contribution in [2.24, 2.45) is 0 Å². The number of nitrogens with zero attached hydrogens (tertiary/aromatic N) is 1. The second-order valence-corrected chi connectivity index (χ2v) is 11.8. The summed E-state index contributed by atoms with van der Waals surface area (Å²) in [6.07, 6.45) is 7.48. The molecule has 0 saturated carbocycles. The Morgan fingerprint density at radius 1 is 0.688 bits per heavy atom. The van der Waals surface area contributed by atoms with E-state index < -0.39 is 16.1 Å². The van der Waals surface area contributed by atoms with Gasteiger partial charge in [-0.25, -0.2) is 4.44 Å². The normalized spacial score (nSPS) is 12.7. The van der Waals surface area contributed by atoms with Crippen LogP contribution >= 0.6 is 16.1 Å². The Hall–Kier alpha value is -2.64. The molecule has 5 rings (SSSR count). The first-order valence-electron chi connectivity index (χ1n) is 10.8. The van der Waals surface area contributed by atoms with Gasteiger partial charge in [-0.15, -0.1) is 0 Å². The summed E-state index contributed by atoms with van der Waals surface area (Å²) in [6.45, 7) is 3.17. The Labute approximate surface area is 190 Å². The van der Waals surface area contributed by atoms with E-state index >= 15 is 0 Å². The summed E-state index contributed by atoms with van der Waals surface area (Å²) >= 11 is 0. The topological polar surface area (TPSA) is 42.7 Å². The molecule has 2 aromatic carbocycles. The average Bonchev–Trinajstić information content (AvgIpc) is 3.61. The van der Waals surface area contributed by atoms with Crippen LogP contribution in [-0.4, -0.2) is 11.0 Å². The second kappa shape index (κ2) is 9.88. The first kappa shape index (κ1) is 21.2. The van der Waals surface area contributed by atoms with Gasteiger partial charge in [0.2, 0.25) is 0 Å². The van der Waals surface area contributed by atoms with Crippen molar-refractivity contribution in [1.82, 2.24) is 4.44 Å². The number of para-hydroxylation sites is 1. The summed E-state index contributed by atoms with van der Waals surface area (Å²) in [5, 5.41) is 3.63. The van der Waals surface area contributed by atoms with Crippen LogP contribution in [0.25, 0.3) is 11.0 Å². The van der Waals surface area contributed by atoms with Gasteiger partial charge >= 0.3 is 0 Å². The van der Waals surface area contributed by atoms with Gasteiger partial charge in [0, 0.05) is 25.3 Å². The van der Waals surface area contributed by atoms with Crippen LogP contribution in [0.3, 0.4) is 0 Å². The van der Waals surface area contributed by atoms with Crippen LogP contribution in [0.4, 0.5) is 0 Å². The number of unbranched alkanes of at least 4 members (excludes halogenated alkanes) is 1. The largest absolute Gasteiger partial charge is 0.464 e. The molecule has 1 atom stereocenters. The second-order valence-electron chi connectivity index (χ2n) is 7.43. The van der Waals surface area contributed by atoms with E-state index in [1.54, 1.807) is 18.8 Å². The average molecular weight is 461 g/mol. The van der Waals surface area contributed by atoms with Gasteiger partial charge in [0.05, 0.1) is 18.8 Å². The van der Waals surface area contributed by atoms with Crippen molar-refractivity contribution in [2.45, 2.75) is 19.8 Å². The van der Waals surface area contributed by atoms with E-state index in [9.17, 15) is 0 Å². The lowest BCUT2D eigenvalue weighted by atomic mass is 10.3. The minimum atomic E-state index is -0.992. The highest BCUT2D eigenvalue weighted by molar-refractivity contribution is 7.84. The van der Waals surface area contributed by atoms with Crippen molar-refractivity contribution in [2.75, 3.05) is 6.54 Å². The zero-order chi connectivity index (χ0) is 21.8. The van der Waals surface area contributed by atoms with Crippen LogP contribution < -0.4 is 21.6 Å².